The highest BCUT2D eigenvalue weighted by molar-refractivity contribution is 9.10. The molecule has 3 nitrogen and oxygen atoms in total. The Morgan fingerprint density at radius 3 is 2.45 bits per heavy atom. The first-order valence-corrected chi connectivity index (χ1v) is 6.47. The van der Waals surface area contributed by atoms with Crippen molar-refractivity contribution in [3.8, 4) is 0 Å². The molecule has 0 aliphatic heterocycles. The molecule has 2 aromatic carbocycles. The van der Waals surface area contributed by atoms with Crippen molar-refractivity contribution in [3.05, 3.63) is 64.1 Å². The van der Waals surface area contributed by atoms with E-state index in [2.05, 4.69) is 21.2 Å². The summed E-state index contributed by atoms with van der Waals surface area (Å²) in [5.41, 5.74) is 0.240. The van der Waals surface area contributed by atoms with Crippen molar-refractivity contribution in [3.63, 3.8) is 0 Å². The van der Waals surface area contributed by atoms with E-state index < -0.39 is 23.6 Å². The number of halogens is 3. The van der Waals surface area contributed by atoms with E-state index in [1.54, 1.807) is 6.07 Å². The molecule has 0 heterocycles. The fraction of sp³-hybridized carbons (Fsp3) is 0.0714. The van der Waals surface area contributed by atoms with Gasteiger partial charge in [0.25, 0.3) is 0 Å². The first-order valence-electron chi connectivity index (χ1n) is 5.68. The fourth-order valence-electron chi connectivity index (χ4n) is 1.71. The molecule has 104 valence electrons. The standard InChI is InChI=1S/C14H10BrF2NO2/c15-9-6-5-8(7-11(9)17)13(14(19)20)18-12-4-2-1-3-10(12)16/h1-7,13,18H,(H,19,20). The van der Waals surface area contributed by atoms with E-state index in [-0.39, 0.29) is 15.7 Å². The van der Waals surface area contributed by atoms with Crippen LogP contribution in [-0.2, 0) is 4.79 Å². The zero-order valence-electron chi connectivity index (χ0n) is 10.1. The zero-order chi connectivity index (χ0) is 14.7. The lowest BCUT2D eigenvalue weighted by Crippen LogP contribution is -2.21. The Kier molecular flexibility index (Phi) is 4.34. The molecule has 0 radical (unpaired) electrons. The van der Waals surface area contributed by atoms with Crippen molar-refractivity contribution in [2.45, 2.75) is 6.04 Å². The molecule has 2 N–H and O–H groups in total. The molecule has 0 aromatic heterocycles. The molecule has 0 bridgehead atoms. The van der Waals surface area contributed by atoms with Gasteiger partial charge in [0, 0.05) is 0 Å². The number of aliphatic carboxylic acids is 1. The average Bonchev–Trinajstić information content (AvgIpc) is 2.41. The minimum atomic E-state index is -1.24. The highest BCUT2D eigenvalue weighted by Gasteiger charge is 2.21. The summed E-state index contributed by atoms with van der Waals surface area (Å²) in [7, 11) is 0. The van der Waals surface area contributed by atoms with Gasteiger partial charge in [-0.1, -0.05) is 18.2 Å². The Balaban J connectivity index is 2.34. The summed E-state index contributed by atoms with van der Waals surface area (Å²) in [6, 6.07) is 8.42. The summed E-state index contributed by atoms with van der Waals surface area (Å²) in [5.74, 6) is -2.38. The van der Waals surface area contributed by atoms with Crippen molar-refractivity contribution >= 4 is 27.6 Å². The minimum absolute atomic E-state index is 0.0447. The lowest BCUT2D eigenvalue weighted by molar-refractivity contribution is -0.138. The number of carboxylic acid groups (broad SMARTS) is 1. The SMILES string of the molecule is O=C(O)C(Nc1ccccc1F)c1ccc(Br)c(F)c1. The van der Waals surface area contributed by atoms with E-state index in [1.165, 1.54) is 30.3 Å². The lowest BCUT2D eigenvalue weighted by atomic mass is 10.1. The molecule has 1 atom stereocenters. The van der Waals surface area contributed by atoms with Crippen LogP contribution in [0.15, 0.2) is 46.9 Å². The van der Waals surface area contributed by atoms with Gasteiger partial charge in [-0.15, -0.1) is 0 Å². The maximum Gasteiger partial charge on any atom is 0.330 e. The highest BCUT2D eigenvalue weighted by atomic mass is 79.9. The largest absolute Gasteiger partial charge is 0.479 e. The van der Waals surface area contributed by atoms with E-state index >= 15 is 0 Å². The van der Waals surface area contributed by atoms with Gasteiger partial charge in [-0.25, -0.2) is 13.6 Å². The number of benzene rings is 2. The predicted molar refractivity (Wildman–Crippen MR) is 74.5 cm³/mol. The number of carboxylic acids is 1. The van der Waals surface area contributed by atoms with E-state index in [9.17, 15) is 18.7 Å². The molecule has 0 aliphatic rings. The third-order valence-corrected chi connectivity index (χ3v) is 3.34. The second kappa shape index (κ2) is 6.00. The summed E-state index contributed by atoms with van der Waals surface area (Å²) in [6.07, 6.45) is 0. The maximum atomic E-state index is 13.5. The highest BCUT2D eigenvalue weighted by Crippen LogP contribution is 2.25. The molecular weight excluding hydrogens is 332 g/mol. The summed E-state index contributed by atoms with van der Waals surface area (Å²) >= 11 is 2.99. The summed E-state index contributed by atoms with van der Waals surface area (Å²) in [4.78, 5) is 11.3. The molecule has 1 unspecified atom stereocenters. The van der Waals surface area contributed by atoms with Crippen LogP contribution in [0.2, 0.25) is 0 Å². The molecule has 0 fully saturated rings. The molecular formula is C14H10BrF2NO2. The van der Waals surface area contributed by atoms with Gasteiger partial charge in [0.2, 0.25) is 0 Å². The Morgan fingerprint density at radius 1 is 1.15 bits per heavy atom. The van der Waals surface area contributed by atoms with E-state index in [1.807, 2.05) is 0 Å². The Morgan fingerprint density at radius 2 is 1.85 bits per heavy atom. The number of para-hydroxylation sites is 1. The molecule has 20 heavy (non-hydrogen) atoms. The van der Waals surface area contributed by atoms with Crippen LogP contribution < -0.4 is 5.32 Å². The van der Waals surface area contributed by atoms with Crippen molar-refractivity contribution in [2.24, 2.45) is 0 Å². The van der Waals surface area contributed by atoms with Crippen molar-refractivity contribution in [2.75, 3.05) is 5.32 Å². The first kappa shape index (κ1) is 14.5. The Hall–Kier alpha value is -1.95. The molecule has 0 spiro atoms. The number of anilines is 1. The van der Waals surface area contributed by atoms with Crippen LogP contribution in [0.3, 0.4) is 0 Å². The van der Waals surface area contributed by atoms with Crippen LogP contribution >= 0.6 is 15.9 Å². The van der Waals surface area contributed by atoms with E-state index in [0.717, 1.165) is 6.07 Å². The van der Waals surface area contributed by atoms with Gasteiger partial charge in [0.05, 0.1) is 10.2 Å². The minimum Gasteiger partial charge on any atom is -0.479 e. The van der Waals surface area contributed by atoms with Gasteiger partial charge in [-0.05, 0) is 45.8 Å². The number of rotatable bonds is 4. The number of hydrogen-bond acceptors (Lipinski definition) is 2. The second-order valence-electron chi connectivity index (χ2n) is 4.07. The van der Waals surface area contributed by atoms with Gasteiger partial charge < -0.3 is 10.4 Å². The van der Waals surface area contributed by atoms with Crippen molar-refractivity contribution < 1.29 is 18.7 Å². The lowest BCUT2D eigenvalue weighted by Gasteiger charge is -2.17. The van der Waals surface area contributed by atoms with Gasteiger partial charge in [0.1, 0.15) is 11.6 Å². The fourth-order valence-corrected chi connectivity index (χ4v) is 1.96. The van der Waals surface area contributed by atoms with Crippen LogP contribution in [0.4, 0.5) is 14.5 Å². The summed E-state index contributed by atoms with van der Waals surface area (Å²) in [6.45, 7) is 0. The Bertz CT molecular complexity index is 649. The van der Waals surface area contributed by atoms with E-state index in [0.29, 0.717) is 0 Å². The van der Waals surface area contributed by atoms with Gasteiger partial charge >= 0.3 is 5.97 Å². The third kappa shape index (κ3) is 3.14. The zero-order valence-corrected chi connectivity index (χ0v) is 11.7. The van der Waals surface area contributed by atoms with Gasteiger partial charge in [-0.2, -0.15) is 0 Å². The third-order valence-electron chi connectivity index (χ3n) is 2.70. The van der Waals surface area contributed by atoms with Crippen LogP contribution in [0.1, 0.15) is 11.6 Å². The topological polar surface area (TPSA) is 49.3 Å². The predicted octanol–water partition coefficient (Wildman–Crippen LogP) is 3.97. The van der Waals surface area contributed by atoms with Gasteiger partial charge in [-0.3, -0.25) is 0 Å². The average molecular weight is 342 g/mol. The molecule has 2 aromatic rings. The van der Waals surface area contributed by atoms with Crippen LogP contribution in [0, 0.1) is 11.6 Å². The molecule has 2 rings (SSSR count). The maximum absolute atomic E-state index is 13.5. The van der Waals surface area contributed by atoms with Crippen molar-refractivity contribution in [1.82, 2.24) is 0 Å². The monoisotopic (exact) mass is 341 g/mol. The Labute approximate surface area is 122 Å². The number of carbonyl (C=O) groups is 1. The summed E-state index contributed by atoms with van der Waals surface area (Å²) in [5, 5.41) is 11.8. The normalized spacial score (nSPS) is 11.9. The molecule has 0 saturated heterocycles. The van der Waals surface area contributed by atoms with Crippen LogP contribution in [-0.4, -0.2) is 11.1 Å². The molecule has 0 saturated carbocycles. The number of hydrogen-bond donors (Lipinski definition) is 2. The molecule has 6 heteroatoms. The first-order chi connectivity index (χ1) is 9.49. The number of nitrogens with one attached hydrogen (secondary N) is 1. The molecule has 0 aliphatic carbocycles. The van der Waals surface area contributed by atoms with Crippen LogP contribution in [0.25, 0.3) is 0 Å². The smallest absolute Gasteiger partial charge is 0.330 e. The second-order valence-corrected chi connectivity index (χ2v) is 4.92. The quantitative estimate of drug-likeness (QED) is 0.884. The molecule has 0 amide bonds. The van der Waals surface area contributed by atoms with E-state index in [4.69, 9.17) is 0 Å². The van der Waals surface area contributed by atoms with Gasteiger partial charge in [0.15, 0.2) is 6.04 Å². The van der Waals surface area contributed by atoms with Crippen molar-refractivity contribution in [1.29, 1.82) is 0 Å². The summed E-state index contributed by atoms with van der Waals surface area (Å²) < 4.78 is 27.2. The van der Waals surface area contributed by atoms with Crippen LogP contribution in [0.5, 0.6) is 0 Å².